The molecule has 0 saturated carbocycles. The molecule has 0 saturated heterocycles. The fourth-order valence-electron chi connectivity index (χ4n) is 4.68. The Bertz CT molecular complexity index is 2350. The standard InChI is InChI=1S/C32H28N12O6S2.2Na/c33-27-39-29(35-21-7-3-1-4-8-21)43-31(41-27)37-23-15-13-19(25(17-23)51(45,46)47)11-12-20-14-16-24(18-26(20)52(48,49)50)38-32-42-28(34)40-30(44-32)36-22-9-5-2-6-10-22;;/h1-18H,(H,45,46,47)(H,48,49,50)(H4,33,35,37,39,41,43)(H4,34,36,38,40,42,44);;/q;2*+1/p-2. The number of benzene rings is 4. The van der Waals surface area contributed by atoms with Crippen LogP contribution in [-0.4, -0.2) is 55.8 Å². The molecule has 18 nitrogen and oxygen atoms in total. The molecule has 0 bridgehead atoms. The largest absolute Gasteiger partial charge is 1.00 e. The zero-order chi connectivity index (χ0) is 36.9. The zero-order valence-corrected chi connectivity index (χ0v) is 34.1. The first-order valence-corrected chi connectivity index (χ1v) is 17.7. The van der Waals surface area contributed by atoms with Gasteiger partial charge in [0.2, 0.25) is 35.7 Å². The second kappa shape index (κ2) is 18.1. The molecule has 0 amide bonds. The second-order valence-corrected chi connectivity index (χ2v) is 13.4. The van der Waals surface area contributed by atoms with Gasteiger partial charge in [-0.3, -0.25) is 0 Å². The quantitative estimate of drug-likeness (QED) is 0.0452. The molecule has 8 N–H and O–H groups in total. The third kappa shape index (κ3) is 11.4. The maximum absolute atomic E-state index is 12.3. The van der Waals surface area contributed by atoms with Crippen LogP contribution in [0.15, 0.2) is 107 Å². The molecule has 0 radical (unpaired) electrons. The molecule has 0 spiro atoms. The summed E-state index contributed by atoms with van der Waals surface area (Å²) in [5.74, 6) is -0.174. The van der Waals surface area contributed by atoms with Gasteiger partial charge in [-0.05, 0) is 59.7 Å². The van der Waals surface area contributed by atoms with Gasteiger partial charge in [0.25, 0.3) is 0 Å². The van der Waals surface area contributed by atoms with Crippen LogP contribution in [0.25, 0.3) is 12.2 Å². The Morgan fingerprint density at radius 2 is 0.778 bits per heavy atom. The van der Waals surface area contributed by atoms with E-state index in [0.717, 1.165) is 12.1 Å². The third-order valence-corrected chi connectivity index (χ3v) is 8.67. The molecule has 54 heavy (non-hydrogen) atoms. The van der Waals surface area contributed by atoms with E-state index in [0.29, 0.717) is 11.4 Å². The molecule has 2 aromatic heterocycles. The van der Waals surface area contributed by atoms with E-state index >= 15 is 0 Å². The number of nitrogen functional groups attached to an aromatic ring is 2. The van der Waals surface area contributed by atoms with Crippen molar-refractivity contribution in [1.82, 2.24) is 29.9 Å². The third-order valence-electron chi connectivity index (χ3n) is 6.89. The SMILES string of the molecule is Nc1nc(Nc2ccccc2)nc(Nc2ccc(C=Cc3ccc(Nc4nc(N)nc(Nc5ccccc5)n4)cc3S(=O)(=O)[O-])c(S(=O)(=O)[O-])c2)n1.[Na+].[Na+]. The smallest absolute Gasteiger partial charge is 0.744 e. The van der Waals surface area contributed by atoms with Crippen LogP contribution in [0.2, 0.25) is 0 Å². The van der Waals surface area contributed by atoms with Crippen LogP contribution >= 0.6 is 0 Å². The first-order chi connectivity index (χ1) is 24.8. The van der Waals surface area contributed by atoms with Crippen molar-refractivity contribution in [1.29, 1.82) is 0 Å². The Kier molecular flexibility index (Phi) is 14.0. The number of hydrogen-bond donors (Lipinski definition) is 6. The molecule has 0 fully saturated rings. The number of rotatable bonds is 12. The summed E-state index contributed by atoms with van der Waals surface area (Å²) in [4.78, 5) is 23.2. The van der Waals surface area contributed by atoms with Crippen molar-refractivity contribution in [3.8, 4) is 0 Å². The summed E-state index contributed by atoms with van der Waals surface area (Å²) in [5.41, 5.74) is 13.0. The van der Waals surface area contributed by atoms with Gasteiger partial charge in [-0.2, -0.15) is 29.9 Å². The molecule has 0 aliphatic rings. The average molecular weight is 785 g/mol. The van der Waals surface area contributed by atoms with Gasteiger partial charge in [-0.15, -0.1) is 0 Å². The predicted octanol–water partition coefficient (Wildman–Crippen LogP) is -1.82. The molecule has 0 atom stereocenters. The van der Waals surface area contributed by atoms with Crippen molar-refractivity contribution in [3.63, 3.8) is 0 Å². The zero-order valence-electron chi connectivity index (χ0n) is 28.5. The number of anilines is 10. The van der Waals surface area contributed by atoms with E-state index in [1.165, 1.54) is 36.4 Å². The number of para-hydroxylation sites is 2. The van der Waals surface area contributed by atoms with E-state index in [9.17, 15) is 25.9 Å². The molecule has 6 rings (SSSR count). The molecule has 0 unspecified atom stereocenters. The second-order valence-electron chi connectivity index (χ2n) is 10.7. The molecule has 6 aromatic rings. The van der Waals surface area contributed by atoms with E-state index in [1.807, 2.05) is 12.1 Å². The molecular formula is C32H26N12Na2O6S2. The van der Waals surface area contributed by atoms with E-state index in [2.05, 4.69) is 51.2 Å². The number of nitrogens with two attached hydrogens (primary N) is 2. The van der Waals surface area contributed by atoms with Gasteiger partial charge in [0.05, 0.1) is 9.79 Å². The molecular weight excluding hydrogens is 759 g/mol. The van der Waals surface area contributed by atoms with E-state index in [1.54, 1.807) is 48.5 Å². The van der Waals surface area contributed by atoms with Gasteiger partial charge >= 0.3 is 59.1 Å². The maximum Gasteiger partial charge on any atom is 1.00 e. The van der Waals surface area contributed by atoms with Gasteiger partial charge in [0.1, 0.15) is 20.2 Å². The van der Waals surface area contributed by atoms with E-state index < -0.39 is 30.0 Å². The normalized spacial score (nSPS) is 11.2. The summed E-state index contributed by atoms with van der Waals surface area (Å²) in [6.45, 7) is 0. The first kappa shape index (κ1) is 42.0. The summed E-state index contributed by atoms with van der Waals surface area (Å²) in [6.07, 6.45) is 2.37. The monoisotopic (exact) mass is 784 g/mol. The Morgan fingerprint density at radius 1 is 0.463 bits per heavy atom. The van der Waals surface area contributed by atoms with Crippen molar-refractivity contribution in [2.45, 2.75) is 9.79 Å². The van der Waals surface area contributed by atoms with Crippen LogP contribution in [0.1, 0.15) is 11.1 Å². The molecule has 4 aromatic carbocycles. The maximum atomic E-state index is 12.3. The van der Waals surface area contributed by atoms with Crippen molar-refractivity contribution in [2.75, 3.05) is 32.7 Å². The van der Waals surface area contributed by atoms with E-state index in [-0.39, 0.29) is 117 Å². The Labute approximate surface area is 353 Å². The minimum absolute atomic E-state index is 0. The molecule has 2 heterocycles. The summed E-state index contributed by atoms with van der Waals surface area (Å²) in [6, 6.07) is 25.5. The number of hydrogen-bond acceptors (Lipinski definition) is 18. The van der Waals surface area contributed by atoms with Crippen LogP contribution in [0.3, 0.4) is 0 Å². The van der Waals surface area contributed by atoms with E-state index in [4.69, 9.17) is 11.5 Å². The predicted molar refractivity (Wildman–Crippen MR) is 192 cm³/mol. The first-order valence-electron chi connectivity index (χ1n) is 14.9. The average Bonchev–Trinajstić information content (AvgIpc) is 3.07. The van der Waals surface area contributed by atoms with Gasteiger partial charge in [0, 0.05) is 22.7 Å². The molecule has 0 aliphatic carbocycles. The van der Waals surface area contributed by atoms with Crippen LogP contribution in [0.4, 0.5) is 58.4 Å². The Morgan fingerprint density at radius 3 is 1.09 bits per heavy atom. The Balaban J connectivity index is 0.00000325. The topological polar surface area (TPSA) is 292 Å². The number of nitrogens with zero attached hydrogens (tertiary/aromatic N) is 6. The van der Waals surface area contributed by atoms with Crippen LogP contribution in [0, 0.1) is 0 Å². The van der Waals surface area contributed by atoms with Crippen LogP contribution in [0.5, 0.6) is 0 Å². The molecule has 264 valence electrons. The minimum atomic E-state index is -5.07. The summed E-state index contributed by atoms with van der Waals surface area (Å²) < 4.78 is 73.8. The van der Waals surface area contributed by atoms with Crippen LogP contribution in [-0.2, 0) is 20.2 Å². The summed E-state index contributed by atoms with van der Waals surface area (Å²) in [7, 11) is -10.1. The Hall–Kier alpha value is -4.74. The van der Waals surface area contributed by atoms with Crippen molar-refractivity contribution in [2.24, 2.45) is 0 Å². The van der Waals surface area contributed by atoms with Gasteiger partial charge in [-0.1, -0.05) is 60.7 Å². The fraction of sp³-hybridized carbons (Fsp3) is 0. The van der Waals surface area contributed by atoms with Gasteiger partial charge in [-0.25, -0.2) is 16.8 Å². The fourth-order valence-corrected chi connectivity index (χ4v) is 6.07. The molecule has 0 aliphatic heterocycles. The number of aromatic nitrogens is 6. The minimum Gasteiger partial charge on any atom is -0.744 e. The number of nitrogens with one attached hydrogen (secondary N) is 4. The van der Waals surface area contributed by atoms with Crippen molar-refractivity contribution in [3.05, 3.63) is 108 Å². The van der Waals surface area contributed by atoms with Crippen molar-refractivity contribution < 1.29 is 85.1 Å². The van der Waals surface area contributed by atoms with Gasteiger partial charge in [0.15, 0.2) is 0 Å². The molecule has 22 heteroatoms. The summed E-state index contributed by atoms with van der Waals surface area (Å²) >= 11 is 0. The van der Waals surface area contributed by atoms with Crippen LogP contribution < -0.4 is 91.8 Å². The van der Waals surface area contributed by atoms with Gasteiger partial charge < -0.3 is 41.8 Å². The summed E-state index contributed by atoms with van der Waals surface area (Å²) in [5, 5.41) is 11.5. The van der Waals surface area contributed by atoms with Crippen molar-refractivity contribution >= 4 is 90.8 Å².